The second kappa shape index (κ2) is 11.8. The molecule has 1 N–H and O–H groups in total. The molecule has 0 fully saturated rings. The summed E-state index contributed by atoms with van der Waals surface area (Å²) in [6.45, 7) is 8.89. The lowest BCUT2D eigenvalue weighted by molar-refractivity contribution is -0.120. The number of aromatic nitrogens is 3. The van der Waals surface area contributed by atoms with Crippen LogP contribution in [0.4, 0.5) is 0 Å². The number of hydrogen-bond acceptors (Lipinski definition) is 6. The molecule has 0 saturated carbocycles. The highest BCUT2D eigenvalue weighted by atomic mass is 16.2. The van der Waals surface area contributed by atoms with E-state index in [1.165, 1.54) is 11.8 Å². The first kappa shape index (κ1) is 27.3. The molecule has 0 radical (unpaired) electrons. The Morgan fingerprint density at radius 1 is 1.16 bits per heavy atom. The maximum absolute atomic E-state index is 13.5. The van der Waals surface area contributed by atoms with Gasteiger partial charge in [-0.25, -0.2) is 14.7 Å². The van der Waals surface area contributed by atoms with Crippen molar-refractivity contribution in [3.05, 3.63) is 59.3 Å². The summed E-state index contributed by atoms with van der Waals surface area (Å²) < 4.78 is 1.83. The fourth-order valence-electron chi connectivity index (χ4n) is 4.49. The molecular formula is C29H37N7O2. The molecule has 0 spiro atoms. The molecule has 4 rings (SSSR count). The van der Waals surface area contributed by atoms with Crippen LogP contribution in [0, 0.1) is 5.92 Å². The predicted molar refractivity (Wildman–Crippen MR) is 151 cm³/mol. The Morgan fingerprint density at radius 2 is 1.95 bits per heavy atom. The van der Waals surface area contributed by atoms with Gasteiger partial charge in [0, 0.05) is 44.0 Å². The van der Waals surface area contributed by atoms with E-state index in [2.05, 4.69) is 58.5 Å². The van der Waals surface area contributed by atoms with E-state index in [4.69, 9.17) is 4.98 Å². The highest BCUT2D eigenvalue weighted by Crippen LogP contribution is 2.27. The smallest absolute Gasteiger partial charge is 0.254 e. The molecule has 1 aromatic carbocycles. The molecule has 1 aliphatic rings. The number of carbonyl (C=O) groups excluding carboxylic acids is 2. The first-order chi connectivity index (χ1) is 18.1. The zero-order chi connectivity index (χ0) is 27.4. The van der Waals surface area contributed by atoms with Crippen molar-refractivity contribution >= 4 is 29.1 Å². The second-order valence-electron chi connectivity index (χ2n) is 10.5. The Balaban J connectivity index is 1.65. The average molecular weight is 516 g/mol. The molecule has 200 valence electrons. The van der Waals surface area contributed by atoms with Crippen molar-refractivity contribution in [1.82, 2.24) is 29.9 Å². The lowest BCUT2D eigenvalue weighted by Gasteiger charge is -2.19. The standard InChI is InChI=1S/C29H37N7O2/c1-19(2)36-27-25(17-32-36)23(28(37)31-16-24-20(3)10-11-30-29(24)38)15-26(33-27)22-9-7-8-21(14-22)18-35(6)13-12-34(4)5/h7-11,14-15,17,19,24H,12-13,16,18H2,1-6H3,(H,31,37). The summed E-state index contributed by atoms with van der Waals surface area (Å²) in [7, 11) is 6.26. The van der Waals surface area contributed by atoms with E-state index in [9.17, 15) is 9.59 Å². The summed E-state index contributed by atoms with van der Waals surface area (Å²) in [5, 5.41) is 8.15. The van der Waals surface area contributed by atoms with Crippen molar-refractivity contribution in [2.75, 3.05) is 40.8 Å². The summed E-state index contributed by atoms with van der Waals surface area (Å²) in [5.41, 5.74) is 4.84. The molecule has 0 saturated heterocycles. The van der Waals surface area contributed by atoms with Crippen molar-refractivity contribution in [2.45, 2.75) is 33.4 Å². The molecule has 2 amide bonds. The predicted octanol–water partition coefficient (Wildman–Crippen LogP) is 3.58. The monoisotopic (exact) mass is 515 g/mol. The topological polar surface area (TPSA) is 95.7 Å². The third-order valence-corrected chi connectivity index (χ3v) is 6.76. The van der Waals surface area contributed by atoms with Crippen molar-refractivity contribution in [2.24, 2.45) is 10.9 Å². The summed E-state index contributed by atoms with van der Waals surface area (Å²) in [6.07, 6.45) is 5.00. The fourth-order valence-corrected chi connectivity index (χ4v) is 4.49. The van der Waals surface area contributed by atoms with Crippen molar-refractivity contribution in [3.63, 3.8) is 0 Å². The number of aliphatic imine (C=N–C) groups is 1. The number of nitrogens with one attached hydrogen (secondary N) is 1. The molecule has 0 aliphatic carbocycles. The van der Waals surface area contributed by atoms with Gasteiger partial charge in [-0.2, -0.15) is 5.10 Å². The van der Waals surface area contributed by atoms with E-state index < -0.39 is 5.92 Å². The molecule has 3 heterocycles. The van der Waals surface area contributed by atoms with Crippen LogP contribution in [0.25, 0.3) is 22.3 Å². The number of fused-ring (bicyclic) bond motifs is 1. The lowest BCUT2D eigenvalue weighted by Crippen LogP contribution is -2.34. The molecule has 9 nitrogen and oxygen atoms in total. The number of allylic oxidation sites excluding steroid dienone is 1. The van der Waals surface area contributed by atoms with Gasteiger partial charge in [-0.1, -0.05) is 23.8 Å². The maximum atomic E-state index is 13.5. The number of benzene rings is 1. The number of dihydropyridines is 1. The molecule has 1 unspecified atom stereocenters. The first-order valence-corrected chi connectivity index (χ1v) is 13.0. The minimum atomic E-state index is -0.458. The van der Waals surface area contributed by atoms with Crippen molar-refractivity contribution in [3.8, 4) is 11.3 Å². The molecule has 1 atom stereocenters. The van der Waals surface area contributed by atoms with Crippen LogP contribution in [-0.2, 0) is 11.3 Å². The third-order valence-electron chi connectivity index (χ3n) is 6.76. The zero-order valence-electron chi connectivity index (χ0n) is 23.1. The van der Waals surface area contributed by atoms with Gasteiger partial charge >= 0.3 is 0 Å². The Morgan fingerprint density at radius 3 is 2.66 bits per heavy atom. The molecule has 38 heavy (non-hydrogen) atoms. The van der Waals surface area contributed by atoms with Crippen molar-refractivity contribution < 1.29 is 9.59 Å². The van der Waals surface area contributed by atoms with Gasteiger partial charge in [-0.3, -0.25) is 9.59 Å². The molecule has 3 aromatic rings. The molecule has 1 aliphatic heterocycles. The van der Waals surface area contributed by atoms with Gasteiger partial charge in [0.25, 0.3) is 11.8 Å². The third kappa shape index (κ3) is 6.23. The Labute approximate surface area is 224 Å². The van der Waals surface area contributed by atoms with Gasteiger partial charge in [0.2, 0.25) is 0 Å². The van der Waals surface area contributed by atoms with Crippen LogP contribution >= 0.6 is 0 Å². The van der Waals surface area contributed by atoms with Crippen LogP contribution < -0.4 is 5.32 Å². The van der Waals surface area contributed by atoms with E-state index >= 15 is 0 Å². The second-order valence-corrected chi connectivity index (χ2v) is 10.5. The largest absolute Gasteiger partial charge is 0.351 e. The zero-order valence-corrected chi connectivity index (χ0v) is 23.1. The van der Waals surface area contributed by atoms with E-state index in [1.807, 2.05) is 43.7 Å². The SMILES string of the molecule is CC1=CC=NC(=O)C1CNC(=O)c1cc(-c2cccc(CN(C)CCN(C)C)c2)nc2c1cnn2C(C)C. The van der Waals surface area contributed by atoms with E-state index in [-0.39, 0.29) is 24.4 Å². The van der Waals surface area contributed by atoms with Crippen LogP contribution in [-0.4, -0.2) is 83.4 Å². The molecule has 9 heteroatoms. The van der Waals surface area contributed by atoms with Crippen LogP contribution in [0.5, 0.6) is 0 Å². The van der Waals surface area contributed by atoms with Gasteiger partial charge < -0.3 is 15.1 Å². The summed E-state index contributed by atoms with van der Waals surface area (Å²) in [6, 6.07) is 10.2. The Kier molecular flexibility index (Phi) is 8.48. The van der Waals surface area contributed by atoms with E-state index in [1.54, 1.807) is 12.3 Å². The number of rotatable bonds is 10. The Bertz CT molecular complexity index is 1390. The van der Waals surface area contributed by atoms with Crippen LogP contribution in [0.15, 0.2) is 53.2 Å². The van der Waals surface area contributed by atoms with Crippen LogP contribution in [0.2, 0.25) is 0 Å². The van der Waals surface area contributed by atoms with E-state index in [0.717, 1.165) is 30.8 Å². The van der Waals surface area contributed by atoms with Crippen LogP contribution in [0.1, 0.15) is 42.7 Å². The molecule has 0 bridgehead atoms. The van der Waals surface area contributed by atoms with Gasteiger partial charge in [0.1, 0.15) is 0 Å². The minimum absolute atomic E-state index is 0.0772. The number of amides is 2. The van der Waals surface area contributed by atoms with Gasteiger partial charge in [0.05, 0.1) is 28.8 Å². The first-order valence-electron chi connectivity index (χ1n) is 13.0. The molecular weight excluding hydrogens is 478 g/mol. The number of hydrogen-bond donors (Lipinski definition) is 1. The fraction of sp³-hybridized carbons (Fsp3) is 0.414. The van der Waals surface area contributed by atoms with Gasteiger partial charge in [0.15, 0.2) is 5.65 Å². The summed E-state index contributed by atoms with van der Waals surface area (Å²) in [4.78, 5) is 39.0. The summed E-state index contributed by atoms with van der Waals surface area (Å²) >= 11 is 0. The normalized spacial score (nSPS) is 15.7. The lowest BCUT2D eigenvalue weighted by atomic mass is 9.97. The quantitative estimate of drug-likeness (QED) is 0.444. The Hall–Kier alpha value is -3.69. The van der Waals surface area contributed by atoms with Crippen LogP contribution in [0.3, 0.4) is 0 Å². The highest BCUT2D eigenvalue weighted by molar-refractivity contribution is 6.07. The maximum Gasteiger partial charge on any atom is 0.254 e. The summed E-state index contributed by atoms with van der Waals surface area (Å²) in [5.74, 6) is -0.970. The van der Waals surface area contributed by atoms with Gasteiger partial charge in [-0.05, 0) is 65.7 Å². The average Bonchev–Trinajstić information content (AvgIpc) is 3.31. The number of likely N-dealkylation sites (N-methyl/N-ethyl adjacent to an activating group) is 2. The van der Waals surface area contributed by atoms with Crippen molar-refractivity contribution in [1.29, 1.82) is 0 Å². The number of carbonyl (C=O) groups is 2. The molecule has 2 aromatic heterocycles. The number of pyridine rings is 1. The van der Waals surface area contributed by atoms with Gasteiger partial charge in [-0.15, -0.1) is 0 Å². The van der Waals surface area contributed by atoms with E-state index in [0.29, 0.717) is 22.3 Å². The number of nitrogens with zero attached hydrogens (tertiary/aromatic N) is 6. The highest BCUT2D eigenvalue weighted by Gasteiger charge is 2.24. The minimum Gasteiger partial charge on any atom is -0.351 e.